The highest BCUT2D eigenvalue weighted by atomic mass is 32.2. The van der Waals surface area contributed by atoms with Crippen molar-refractivity contribution in [2.24, 2.45) is 11.1 Å². The highest BCUT2D eigenvalue weighted by Crippen LogP contribution is 2.19. The minimum Gasteiger partial charge on any atom is -0.598 e. The third kappa shape index (κ3) is 6.32. The zero-order chi connectivity index (χ0) is 10.3. The van der Waals surface area contributed by atoms with Gasteiger partial charge in [0.05, 0.1) is 0 Å². The summed E-state index contributed by atoms with van der Waals surface area (Å²) in [5, 5.41) is 14.0. The standard InChI is InChI=1S/C9H21NO2S/c1-3-9(5-4-6-11)7-8(2)13(10)12/h8-9,11H,3-7,10H2,1-2H3. The van der Waals surface area contributed by atoms with E-state index in [1.807, 2.05) is 6.92 Å². The summed E-state index contributed by atoms with van der Waals surface area (Å²) >= 11 is -1.20. The second-order valence-electron chi connectivity index (χ2n) is 3.51. The Bertz CT molecular complexity index is 122. The fourth-order valence-corrected chi connectivity index (χ4v) is 1.89. The van der Waals surface area contributed by atoms with Gasteiger partial charge in [-0.25, -0.2) is 0 Å². The molecule has 3 atom stereocenters. The van der Waals surface area contributed by atoms with E-state index in [0.717, 1.165) is 25.7 Å². The topological polar surface area (TPSA) is 69.3 Å². The second-order valence-corrected chi connectivity index (χ2v) is 4.98. The normalized spacial score (nSPS) is 18.2. The van der Waals surface area contributed by atoms with Gasteiger partial charge in [-0.1, -0.05) is 13.3 Å². The maximum atomic E-state index is 10.9. The Balaban J connectivity index is 3.69. The molecule has 0 spiro atoms. The largest absolute Gasteiger partial charge is 0.598 e. The van der Waals surface area contributed by atoms with Crippen molar-refractivity contribution in [3.05, 3.63) is 0 Å². The molecule has 0 saturated heterocycles. The van der Waals surface area contributed by atoms with Crippen molar-refractivity contribution in [2.45, 2.75) is 44.8 Å². The lowest BCUT2D eigenvalue weighted by molar-refractivity contribution is 0.266. The highest BCUT2D eigenvalue weighted by Gasteiger charge is 2.18. The maximum absolute atomic E-state index is 10.9. The van der Waals surface area contributed by atoms with Crippen molar-refractivity contribution in [2.75, 3.05) is 6.61 Å². The Hall–Kier alpha value is 0.230. The summed E-state index contributed by atoms with van der Waals surface area (Å²) in [4.78, 5) is 0. The Morgan fingerprint density at radius 1 is 1.54 bits per heavy atom. The van der Waals surface area contributed by atoms with Crippen molar-refractivity contribution in [3.8, 4) is 0 Å². The molecule has 0 aromatic rings. The van der Waals surface area contributed by atoms with Gasteiger partial charge in [-0.05, 0) is 32.1 Å². The van der Waals surface area contributed by atoms with Gasteiger partial charge in [-0.3, -0.25) is 0 Å². The summed E-state index contributed by atoms with van der Waals surface area (Å²) in [5.41, 5.74) is 0. The lowest BCUT2D eigenvalue weighted by Crippen LogP contribution is -2.27. The first-order chi connectivity index (χ1) is 6.11. The predicted octanol–water partition coefficient (Wildman–Crippen LogP) is 1.19. The quantitative estimate of drug-likeness (QED) is 0.616. The monoisotopic (exact) mass is 207 g/mol. The van der Waals surface area contributed by atoms with Crippen molar-refractivity contribution < 1.29 is 9.66 Å². The average Bonchev–Trinajstić information content (AvgIpc) is 2.11. The molecule has 13 heavy (non-hydrogen) atoms. The number of hydrogen-bond donors (Lipinski definition) is 2. The van der Waals surface area contributed by atoms with Gasteiger partial charge >= 0.3 is 0 Å². The summed E-state index contributed by atoms with van der Waals surface area (Å²) in [6, 6.07) is 0. The van der Waals surface area contributed by atoms with Crippen LogP contribution in [0.4, 0.5) is 0 Å². The minimum atomic E-state index is -1.20. The average molecular weight is 207 g/mol. The van der Waals surface area contributed by atoms with Crippen LogP contribution < -0.4 is 5.14 Å². The van der Waals surface area contributed by atoms with Crippen LogP contribution in [0.3, 0.4) is 0 Å². The SMILES string of the molecule is CCC(CCCO)CC(C)[S+](N)[O-]. The van der Waals surface area contributed by atoms with Gasteiger partial charge in [-0.15, -0.1) is 0 Å². The van der Waals surface area contributed by atoms with E-state index >= 15 is 0 Å². The molecule has 0 aliphatic heterocycles. The van der Waals surface area contributed by atoms with Crippen LogP contribution in [0.15, 0.2) is 0 Å². The van der Waals surface area contributed by atoms with Crippen LogP contribution in [0.5, 0.6) is 0 Å². The van der Waals surface area contributed by atoms with E-state index in [4.69, 9.17) is 10.2 Å². The Kier molecular flexibility index (Phi) is 7.75. The second kappa shape index (κ2) is 7.62. The fourth-order valence-electron chi connectivity index (χ4n) is 1.43. The van der Waals surface area contributed by atoms with E-state index in [1.54, 1.807) is 0 Å². The maximum Gasteiger partial charge on any atom is 0.132 e. The zero-order valence-corrected chi connectivity index (χ0v) is 9.35. The molecule has 0 heterocycles. The van der Waals surface area contributed by atoms with Gasteiger partial charge in [-0.2, -0.15) is 5.14 Å². The van der Waals surface area contributed by atoms with Gasteiger partial charge < -0.3 is 9.66 Å². The van der Waals surface area contributed by atoms with Crippen molar-refractivity contribution >= 4 is 11.4 Å². The predicted molar refractivity (Wildman–Crippen MR) is 56.5 cm³/mol. The van der Waals surface area contributed by atoms with E-state index < -0.39 is 11.4 Å². The first-order valence-corrected chi connectivity index (χ1v) is 6.15. The first kappa shape index (κ1) is 13.2. The van der Waals surface area contributed by atoms with E-state index in [2.05, 4.69) is 6.92 Å². The molecular formula is C9H21NO2S. The number of aliphatic hydroxyl groups excluding tert-OH is 1. The minimum absolute atomic E-state index is 0.0728. The molecule has 0 radical (unpaired) electrons. The highest BCUT2D eigenvalue weighted by molar-refractivity contribution is 7.89. The lowest BCUT2D eigenvalue weighted by atomic mass is 9.95. The van der Waals surface area contributed by atoms with E-state index in [9.17, 15) is 4.55 Å². The van der Waals surface area contributed by atoms with E-state index in [-0.39, 0.29) is 11.9 Å². The number of aliphatic hydroxyl groups is 1. The molecular weight excluding hydrogens is 186 g/mol. The van der Waals surface area contributed by atoms with Crippen LogP contribution in [-0.4, -0.2) is 21.5 Å². The smallest absolute Gasteiger partial charge is 0.132 e. The number of nitrogens with two attached hydrogens (primary N) is 1. The summed E-state index contributed by atoms with van der Waals surface area (Å²) < 4.78 is 10.9. The van der Waals surface area contributed by atoms with Gasteiger partial charge in [0, 0.05) is 18.0 Å². The van der Waals surface area contributed by atoms with Crippen molar-refractivity contribution in [3.63, 3.8) is 0 Å². The molecule has 0 aliphatic carbocycles. The van der Waals surface area contributed by atoms with Crippen LogP contribution in [0, 0.1) is 5.92 Å². The Morgan fingerprint density at radius 2 is 2.15 bits per heavy atom. The summed E-state index contributed by atoms with van der Waals surface area (Å²) in [7, 11) is 0. The van der Waals surface area contributed by atoms with E-state index in [1.165, 1.54) is 0 Å². The number of rotatable bonds is 7. The molecule has 0 bridgehead atoms. The molecule has 3 unspecified atom stereocenters. The van der Waals surface area contributed by atoms with Crippen LogP contribution in [0.25, 0.3) is 0 Å². The summed E-state index contributed by atoms with van der Waals surface area (Å²) in [6.45, 7) is 4.28. The fraction of sp³-hybridized carbons (Fsp3) is 1.00. The number of hydrogen-bond acceptors (Lipinski definition) is 3. The molecule has 0 rings (SSSR count). The summed E-state index contributed by atoms with van der Waals surface area (Å²) in [6.07, 6.45) is 3.82. The Morgan fingerprint density at radius 3 is 2.54 bits per heavy atom. The van der Waals surface area contributed by atoms with Gasteiger partial charge in [0.1, 0.15) is 5.25 Å². The van der Waals surface area contributed by atoms with E-state index in [0.29, 0.717) is 5.92 Å². The lowest BCUT2D eigenvalue weighted by Gasteiger charge is -2.19. The Labute approximate surface area is 84.0 Å². The van der Waals surface area contributed by atoms with Crippen LogP contribution >= 0.6 is 0 Å². The molecule has 0 amide bonds. The molecule has 0 aliphatic rings. The zero-order valence-electron chi connectivity index (χ0n) is 8.53. The third-order valence-electron chi connectivity index (χ3n) is 2.41. The molecule has 3 N–H and O–H groups in total. The molecule has 0 fully saturated rings. The summed E-state index contributed by atoms with van der Waals surface area (Å²) in [5.74, 6) is 0.551. The molecule has 0 aromatic carbocycles. The molecule has 0 saturated carbocycles. The van der Waals surface area contributed by atoms with Crippen LogP contribution in [-0.2, 0) is 11.4 Å². The first-order valence-electron chi connectivity index (χ1n) is 4.87. The molecule has 4 heteroatoms. The van der Waals surface area contributed by atoms with Gasteiger partial charge in [0.25, 0.3) is 0 Å². The van der Waals surface area contributed by atoms with Crippen LogP contribution in [0.1, 0.15) is 39.5 Å². The van der Waals surface area contributed by atoms with Gasteiger partial charge in [0.15, 0.2) is 0 Å². The molecule has 3 nitrogen and oxygen atoms in total. The van der Waals surface area contributed by atoms with Crippen molar-refractivity contribution in [1.29, 1.82) is 0 Å². The van der Waals surface area contributed by atoms with Gasteiger partial charge in [0.2, 0.25) is 0 Å². The molecule has 80 valence electrons. The van der Waals surface area contributed by atoms with Crippen LogP contribution in [0.2, 0.25) is 0 Å². The third-order valence-corrected chi connectivity index (χ3v) is 3.40. The van der Waals surface area contributed by atoms with Crippen molar-refractivity contribution in [1.82, 2.24) is 0 Å². The molecule has 0 aromatic heterocycles.